The van der Waals surface area contributed by atoms with Gasteiger partial charge in [-0.2, -0.15) is 0 Å². The number of aromatic nitrogens is 3. The monoisotopic (exact) mass is 280 g/mol. The molecule has 2 aromatic rings. The molecule has 0 aliphatic rings. The molecule has 2 heterocycles. The van der Waals surface area contributed by atoms with E-state index in [4.69, 9.17) is 5.11 Å². The van der Waals surface area contributed by atoms with E-state index in [1.54, 1.807) is 24.4 Å². The summed E-state index contributed by atoms with van der Waals surface area (Å²) in [7, 11) is 0. The van der Waals surface area contributed by atoms with E-state index >= 15 is 0 Å². The lowest BCUT2D eigenvalue weighted by molar-refractivity contribution is -0.123. The van der Waals surface area contributed by atoms with E-state index < -0.39 is 23.8 Å². The van der Waals surface area contributed by atoms with E-state index in [-0.39, 0.29) is 13.1 Å². The first-order valence-corrected chi connectivity index (χ1v) is 6.07. The van der Waals surface area contributed by atoms with Crippen molar-refractivity contribution in [3.8, 4) is 0 Å². The van der Waals surface area contributed by atoms with Crippen LogP contribution in [-0.4, -0.2) is 49.1 Å². The highest BCUT2D eigenvalue weighted by Gasteiger charge is 2.20. The molecule has 0 aromatic carbocycles. The van der Waals surface area contributed by atoms with Crippen LogP contribution in [0.4, 0.5) is 0 Å². The van der Waals surface area contributed by atoms with Crippen LogP contribution in [0.2, 0.25) is 0 Å². The lowest BCUT2D eigenvalue weighted by Gasteiger charge is -2.20. The molecule has 1 amide bonds. The Bertz CT molecular complexity index is 673. The number of rotatable bonds is 5. The average Bonchev–Trinajstić information content (AvgIpc) is 2.74. The quantitative estimate of drug-likeness (QED) is 0.608. The molecule has 8 nitrogen and oxygen atoms in total. The maximum Gasteiger partial charge on any atom is 0.350 e. The molecule has 1 atom stereocenters. The highest BCUT2D eigenvalue weighted by molar-refractivity contribution is 5.75. The summed E-state index contributed by atoms with van der Waals surface area (Å²) in [4.78, 5) is 23.6. The van der Waals surface area contributed by atoms with Gasteiger partial charge in [-0.05, 0) is 19.1 Å². The van der Waals surface area contributed by atoms with Crippen LogP contribution < -0.4 is 11.0 Å². The van der Waals surface area contributed by atoms with Crippen LogP contribution in [0.25, 0.3) is 5.65 Å². The van der Waals surface area contributed by atoms with Crippen molar-refractivity contribution in [1.82, 2.24) is 19.5 Å². The van der Waals surface area contributed by atoms with Crippen molar-refractivity contribution in [3.63, 3.8) is 0 Å². The molecule has 108 valence electrons. The van der Waals surface area contributed by atoms with Gasteiger partial charge in [0.1, 0.15) is 12.1 Å². The van der Waals surface area contributed by atoms with Crippen molar-refractivity contribution in [2.45, 2.75) is 19.1 Å². The lowest BCUT2D eigenvalue weighted by Crippen LogP contribution is -2.44. The third kappa shape index (κ3) is 3.03. The first kappa shape index (κ1) is 14.2. The Morgan fingerprint density at radius 1 is 1.50 bits per heavy atom. The van der Waals surface area contributed by atoms with Gasteiger partial charge < -0.3 is 15.5 Å². The van der Waals surface area contributed by atoms with Crippen LogP contribution in [-0.2, 0) is 11.3 Å². The minimum absolute atomic E-state index is 0.107. The van der Waals surface area contributed by atoms with E-state index in [0.717, 1.165) is 4.68 Å². The Balaban J connectivity index is 2.07. The van der Waals surface area contributed by atoms with E-state index in [1.165, 1.54) is 11.3 Å². The third-order valence-corrected chi connectivity index (χ3v) is 2.79. The fourth-order valence-electron chi connectivity index (χ4n) is 1.61. The Morgan fingerprint density at radius 2 is 2.25 bits per heavy atom. The number of amides is 1. The SMILES string of the molecule is CC(O)(CO)CNC(=O)Cn1nc2ccccn2c1=O. The number of hydrogen-bond donors (Lipinski definition) is 3. The number of carbonyl (C=O) groups excluding carboxylic acids is 1. The highest BCUT2D eigenvalue weighted by atomic mass is 16.3. The molecule has 0 bridgehead atoms. The second-order valence-electron chi connectivity index (χ2n) is 4.80. The van der Waals surface area contributed by atoms with Crippen molar-refractivity contribution < 1.29 is 15.0 Å². The summed E-state index contributed by atoms with van der Waals surface area (Å²) in [6.07, 6.45) is 1.57. The summed E-state index contributed by atoms with van der Waals surface area (Å²) >= 11 is 0. The van der Waals surface area contributed by atoms with Crippen LogP contribution in [0, 0.1) is 0 Å². The maximum atomic E-state index is 11.9. The maximum absolute atomic E-state index is 11.9. The number of nitrogens with zero attached hydrogens (tertiary/aromatic N) is 3. The van der Waals surface area contributed by atoms with Crippen LogP contribution in [0.1, 0.15) is 6.92 Å². The summed E-state index contributed by atoms with van der Waals surface area (Å²) in [5, 5.41) is 24.9. The van der Waals surface area contributed by atoms with Gasteiger partial charge >= 0.3 is 5.69 Å². The molecule has 0 radical (unpaired) electrons. The van der Waals surface area contributed by atoms with Gasteiger partial charge in [-0.15, -0.1) is 5.10 Å². The number of hydrogen-bond acceptors (Lipinski definition) is 5. The summed E-state index contributed by atoms with van der Waals surface area (Å²) in [6, 6.07) is 5.09. The largest absolute Gasteiger partial charge is 0.393 e. The van der Waals surface area contributed by atoms with Gasteiger partial charge in [0.15, 0.2) is 5.65 Å². The second-order valence-corrected chi connectivity index (χ2v) is 4.80. The van der Waals surface area contributed by atoms with Crippen LogP contribution in [0.3, 0.4) is 0 Å². The normalized spacial score (nSPS) is 14.2. The van der Waals surface area contributed by atoms with Crippen molar-refractivity contribution in [3.05, 3.63) is 34.9 Å². The highest BCUT2D eigenvalue weighted by Crippen LogP contribution is 1.98. The van der Waals surface area contributed by atoms with Gasteiger partial charge in [0.2, 0.25) is 5.91 Å². The molecule has 8 heteroatoms. The fourth-order valence-corrected chi connectivity index (χ4v) is 1.61. The van der Waals surface area contributed by atoms with Crippen LogP contribution in [0.5, 0.6) is 0 Å². The van der Waals surface area contributed by atoms with Gasteiger partial charge in [0, 0.05) is 12.7 Å². The number of aliphatic hydroxyl groups is 2. The molecule has 1 unspecified atom stereocenters. The zero-order valence-corrected chi connectivity index (χ0v) is 11.0. The molecule has 0 spiro atoms. The Kier molecular flexibility index (Phi) is 3.86. The Labute approximate surface area is 114 Å². The predicted molar refractivity (Wildman–Crippen MR) is 70.2 cm³/mol. The van der Waals surface area contributed by atoms with E-state index in [1.807, 2.05) is 0 Å². The minimum atomic E-state index is -1.39. The van der Waals surface area contributed by atoms with E-state index in [9.17, 15) is 14.7 Å². The molecule has 0 saturated heterocycles. The number of pyridine rings is 1. The molecule has 0 aliphatic heterocycles. The number of aliphatic hydroxyl groups excluding tert-OH is 1. The lowest BCUT2D eigenvalue weighted by atomic mass is 10.1. The van der Waals surface area contributed by atoms with Gasteiger partial charge in [0.25, 0.3) is 0 Å². The van der Waals surface area contributed by atoms with Crippen molar-refractivity contribution in [2.75, 3.05) is 13.2 Å². The van der Waals surface area contributed by atoms with Crippen LogP contribution in [0.15, 0.2) is 29.2 Å². The zero-order chi connectivity index (χ0) is 14.8. The first-order chi connectivity index (χ1) is 9.43. The molecular weight excluding hydrogens is 264 g/mol. The molecule has 0 saturated carbocycles. The molecule has 2 rings (SSSR count). The number of fused-ring (bicyclic) bond motifs is 1. The standard InChI is InChI=1S/C12H16N4O4/c1-12(20,8-17)7-13-10(18)6-16-11(19)15-5-3-2-4-9(15)14-16/h2-5,17,20H,6-8H2,1H3,(H,13,18). The van der Waals surface area contributed by atoms with E-state index in [2.05, 4.69) is 10.4 Å². The molecule has 0 aliphatic carbocycles. The summed E-state index contributed by atoms with van der Waals surface area (Å²) in [5.41, 5.74) is -1.35. The third-order valence-electron chi connectivity index (χ3n) is 2.79. The molecular formula is C12H16N4O4. The van der Waals surface area contributed by atoms with E-state index in [0.29, 0.717) is 5.65 Å². The smallest absolute Gasteiger partial charge is 0.350 e. The molecule has 3 N–H and O–H groups in total. The first-order valence-electron chi connectivity index (χ1n) is 6.07. The average molecular weight is 280 g/mol. The molecule has 0 fully saturated rings. The number of carbonyl (C=O) groups is 1. The Hall–Kier alpha value is -2.19. The molecule has 2 aromatic heterocycles. The topological polar surface area (TPSA) is 109 Å². The van der Waals surface area contributed by atoms with Crippen molar-refractivity contribution in [1.29, 1.82) is 0 Å². The number of nitrogens with one attached hydrogen (secondary N) is 1. The van der Waals surface area contributed by atoms with Gasteiger partial charge in [-0.3, -0.25) is 9.20 Å². The van der Waals surface area contributed by atoms with Crippen molar-refractivity contribution in [2.24, 2.45) is 0 Å². The van der Waals surface area contributed by atoms with Crippen LogP contribution >= 0.6 is 0 Å². The summed E-state index contributed by atoms with van der Waals surface area (Å²) in [6.45, 7) is 0.568. The van der Waals surface area contributed by atoms with Gasteiger partial charge in [-0.25, -0.2) is 9.48 Å². The van der Waals surface area contributed by atoms with Crippen molar-refractivity contribution >= 4 is 11.6 Å². The molecule has 20 heavy (non-hydrogen) atoms. The predicted octanol–water partition coefficient (Wildman–Crippen LogP) is -1.64. The van der Waals surface area contributed by atoms with Gasteiger partial charge in [-0.1, -0.05) is 6.07 Å². The summed E-state index contributed by atoms with van der Waals surface area (Å²) < 4.78 is 2.37. The summed E-state index contributed by atoms with van der Waals surface area (Å²) in [5.74, 6) is -0.468. The van der Waals surface area contributed by atoms with Gasteiger partial charge in [0.05, 0.1) is 6.61 Å². The Morgan fingerprint density at radius 3 is 2.90 bits per heavy atom. The second kappa shape index (κ2) is 5.43. The minimum Gasteiger partial charge on any atom is -0.393 e. The zero-order valence-electron chi connectivity index (χ0n) is 11.0. The fraction of sp³-hybridized carbons (Fsp3) is 0.417.